The molecule has 104 valence electrons. The molecule has 0 radical (unpaired) electrons. The van der Waals surface area contributed by atoms with E-state index in [1.165, 1.54) is 0 Å². The summed E-state index contributed by atoms with van der Waals surface area (Å²) in [5, 5.41) is 5.58. The average Bonchev–Trinajstić information content (AvgIpc) is 2.20. The van der Waals surface area contributed by atoms with Crippen molar-refractivity contribution < 1.29 is 4.79 Å². The summed E-state index contributed by atoms with van der Waals surface area (Å²) in [5.74, 6) is 0.0645. The van der Waals surface area contributed by atoms with Crippen LogP contribution < -0.4 is 16.4 Å². The zero-order valence-corrected chi connectivity index (χ0v) is 12.3. The van der Waals surface area contributed by atoms with E-state index in [0.717, 1.165) is 5.56 Å². The molecule has 1 rings (SSSR count). The highest BCUT2D eigenvalue weighted by atomic mass is 35.5. The fourth-order valence-corrected chi connectivity index (χ4v) is 1.71. The molecule has 0 atom stereocenters. The molecule has 0 spiro atoms. The summed E-state index contributed by atoms with van der Waals surface area (Å²) >= 11 is 6.01. The van der Waals surface area contributed by atoms with Crippen molar-refractivity contribution in [2.24, 2.45) is 10.7 Å². The second-order valence-corrected chi connectivity index (χ2v) is 5.59. The van der Waals surface area contributed by atoms with Crippen LogP contribution in [0.4, 0.5) is 10.5 Å². The van der Waals surface area contributed by atoms with Crippen LogP contribution in [0, 0.1) is 6.92 Å². The van der Waals surface area contributed by atoms with E-state index in [2.05, 4.69) is 15.6 Å². The fourth-order valence-electron chi connectivity index (χ4n) is 1.44. The van der Waals surface area contributed by atoms with E-state index in [0.29, 0.717) is 10.7 Å². The molecule has 0 aliphatic heterocycles. The first-order valence-electron chi connectivity index (χ1n) is 5.87. The zero-order chi connectivity index (χ0) is 14.6. The van der Waals surface area contributed by atoms with Gasteiger partial charge in [0.1, 0.15) is 0 Å². The predicted molar refractivity (Wildman–Crippen MR) is 79.7 cm³/mol. The second kappa shape index (κ2) is 5.93. The van der Waals surface area contributed by atoms with Crippen molar-refractivity contribution in [1.29, 1.82) is 0 Å². The number of benzene rings is 1. The quantitative estimate of drug-likeness (QED) is 0.547. The van der Waals surface area contributed by atoms with E-state index in [4.69, 9.17) is 17.3 Å². The van der Waals surface area contributed by atoms with Crippen LogP contribution >= 0.6 is 11.6 Å². The first-order chi connectivity index (χ1) is 8.69. The number of nitrogens with two attached hydrogens (primary N) is 1. The normalized spacial score (nSPS) is 12.2. The van der Waals surface area contributed by atoms with Crippen molar-refractivity contribution in [3.05, 3.63) is 28.8 Å². The number of nitrogens with zero attached hydrogens (tertiary/aromatic N) is 1. The molecular weight excluding hydrogens is 264 g/mol. The number of hydrogen-bond acceptors (Lipinski definition) is 2. The van der Waals surface area contributed by atoms with E-state index in [9.17, 15) is 4.79 Å². The number of amides is 2. The van der Waals surface area contributed by atoms with Gasteiger partial charge in [0.25, 0.3) is 0 Å². The molecule has 0 saturated carbocycles. The van der Waals surface area contributed by atoms with Crippen LogP contribution in [0.3, 0.4) is 0 Å². The lowest BCUT2D eigenvalue weighted by molar-refractivity contribution is 0.256. The zero-order valence-electron chi connectivity index (χ0n) is 11.5. The van der Waals surface area contributed by atoms with Crippen molar-refractivity contribution >= 4 is 29.3 Å². The Kier molecular flexibility index (Phi) is 4.78. The molecule has 0 aromatic heterocycles. The van der Waals surface area contributed by atoms with Crippen molar-refractivity contribution in [3.63, 3.8) is 0 Å². The third kappa shape index (κ3) is 5.18. The summed E-state index contributed by atoms with van der Waals surface area (Å²) in [4.78, 5) is 15.9. The van der Waals surface area contributed by atoms with Crippen LogP contribution in [0.25, 0.3) is 0 Å². The van der Waals surface area contributed by atoms with Crippen molar-refractivity contribution in [2.75, 3.05) is 5.32 Å². The lowest BCUT2D eigenvalue weighted by Crippen LogP contribution is -2.41. The van der Waals surface area contributed by atoms with Crippen molar-refractivity contribution in [2.45, 2.75) is 33.2 Å². The van der Waals surface area contributed by atoms with Crippen LogP contribution in [0.2, 0.25) is 5.02 Å². The van der Waals surface area contributed by atoms with Gasteiger partial charge in [0, 0.05) is 0 Å². The smallest absolute Gasteiger partial charge is 0.326 e. The van der Waals surface area contributed by atoms with E-state index < -0.39 is 6.03 Å². The van der Waals surface area contributed by atoms with Crippen LogP contribution in [-0.4, -0.2) is 17.5 Å². The number of nitrogens with one attached hydrogen (secondary N) is 2. The summed E-state index contributed by atoms with van der Waals surface area (Å²) in [6.45, 7) is 7.51. The number of carbonyl (C=O) groups is 1. The lowest BCUT2D eigenvalue weighted by atomic mass is 10.1. The number of carbonyl (C=O) groups excluding carboxylic acids is 1. The highest BCUT2D eigenvalue weighted by Gasteiger charge is 2.12. The van der Waals surface area contributed by atoms with Crippen LogP contribution in [-0.2, 0) is 0 Å². The largest absolute Gasteiger partial charge is 0.370 e. The van der Waals surface area contributed by atoms with Gasteiger partial charge in [-0.25, -0.2) is 9.79 Å². The molecule has 0 fully saturated rings. The maximum atomic E-state index is 11.8. The monoisotopic (exact) mass is 282 g/mol. The van der Waals surface area contributed by atoms with E-state index in [-0.39, 0.29) is 11.5 Å². The third-order valence-electron chi connectivity index (χ3n) is 2.16. The lowest BCUT2D eigenvalue weighted by Gasteiger charge is -2.15. The van der Waals surface area contributed by atoms with Crippen molar-refractivity contribution in [1.82, 2.24) is 5.32 Å². The van der Waals surface area contributed by atoms with Gasteiger partial charge < -0.3 is 11.1 Å². The van der Waals surface area contributed by atoms with Gasteiger partial charge in [-0.15, -0.1) is 0 Å². The molecule has 1 aromatic rings. The number of anilines is 1. The maximum Gasteiger partial charge on any atom is 0.326 e. The third-order valence-corrected chi connectivity index (χ3v) is 2.47. The molecular formula is C13H19ClN4O. The molecule has 5 nitrogen and oxygen atoms in total. The average molecular weight is 283 g/mol. The number of aryl methyl sites for hydroxylation is 1. The maximum absolute atomic E-state index is 11.8. The molecule has 0 aliphatic rings. The van der Waals surface area contributed by atoms with Gasteiger partial charge in [-0.1, -0.05) is 23.7 Å². The molecule has 0 unspecified atom stereocenters. The molecule has 19 heavy (non-hydrogen) atoms. The molecule has 2 amide bonds. The van der Waals surface area contributed by atoms with E-state index in [1.807, 2.05) is 39.8 Å². The van der Waals surface area contributed by atoms with Gasteiger partial charge in [0.2, 0.25) is 0 Å². The van der Waals surface area contributed by atoms with Gasteiger partial charge in [0.05, 0.1) is 16.2 Å². The Labute approximate surface area is 118 Å². The summed E-state index contributed by atoms with van der Waals surface area (Å²) in [7, 11) is 0. The topological polar surface area (TPSA) is 79.5 Å². The van der Waals surface area contributed by atoms with Crippen LogP contribution in [0.1, 0.15) is 26.3 Å². The summed E-state index contributed by atoms with van der Waals surface area (Å²) in [6, 6.07) is 4.91. The summed E-state index contributed by atoms with van der Waals surface area (Å²) in [5.41, 5.74) is 6.72. The molecule has 6 heteroatoms. The Morgan fingerprint density at radius 2 is 2.00 bits per heavy atom. The molecule has 4 N–H and O–H groups in total. The molecule has 0 aliphatic carbocycles. The highest BCUT2D eigenvalue weighted by Crippen LogP contribution is 2.24. The number of para-hydroxylation sites is 1. The summed E-state index contributed by atoms with van der Waals surface area (Å²) < 4.78 is 0. The minimum absolute atomic E-state index is 0.0645. The highest BCUT2D eigenvalue weighted by molar-refractivity contribution is 6.34. The Bertz CT molecular complexity index is 486. The van der Waals surface area contributed by atoms with E-state index >= 15 is 0 Å². The molecule has 0 heterocycles. The molecule has 0 bridgehead atoms. The molecule has 0 saturated heterocycles. The van der Waals surface area contributed by atoms with Crippen molar-refractivity contribution in [3.8, 4) is 0 Å². The first-order valence-corrected chi connectivity index (χ1v) is 6.25. The number of hydrogen-bond donors (Lipinski definition) is 3. The van der Waals surface area contributed by atoms with Gasteiger partial charge in [-0.05, 0) is 39.3 Å². The summed E-state index contributed by atoms with van der Waals surface area (Å²) in [6.07, 6.45) is 0. The Hall–Kier alpha value is -1.75. The number of rotatable bonds is 1. The SMILES string of the molecule is Cc1cccc(Cl)c1NC(=O)NC(N)=NC(C)(C)C. The number of guanidine groups is 1. The number of aliphatic imine (C=N–C) groups is 1. The van der Waals surface area contributed by atoms with Gasteiger partial charge in [-0.3, -0.25) is 5.32 Å². The Morgan fingerprint density at radius 1 is 1.37 bits per heavy atom. The second-order valence-electron chi connectivity index (χ2n) is 5.18. The Balaban J connectivity index is 2.74. The first kappa shape index (κ1) is 15.3. The minimum atomic E-state index is -0.471. The van der Waals surface area contributed by atoms with Gasteiger partial charge in [0.15, 0.2) is 5.96 Å². The standard InChI is InChI=1S/C13H19ClN4O/c1-8-6-5-7-9(14)10(8)16-12(19)17-11(15)18-13(2,3)4/h5-7H,1-4H3,(H4,15,16,17,18,19). The van der Waals surface area contributed by atoms with E-state index in [1.54, 1.807) is 6.07 Å². The number of urea groups is 1. The van der Waals surface area contributed by atoms with Gasteiger partial charge in [-0.2, -0.15) is 0 Å². The fraction of sp³-hybridized carbons (Fsp3) is 0.385. The molecule has 1 aromatic carbocycles. The minimum Gasteiger partial charge on any atom is -0.370 e. The van der Waals surface area contributed by atoms with Crippen LogP contribution in [0.15, 0.2) is 23.2 Å². The van der Waals surface area contributed by atoms with Gasteiger partial charge >= 0.3 is 6.03 Å². The number of halogens is 1. The van der Waals surface area contributed by atoms with Crippen LogP contribution in [0.5, 0.6) is 0 Å². The predicted octanol–water partition coefficient (Wildman–Crippen LogP) is 2.88. The Morgan fingerprint density at radius 3 is 2.53 bits per heavy atom.